The first-order valence-electron chi connectivity index (χ1n) is 7.22. The molecule has 0 fully saturated rings. The predicted octanol–water partition coefficient (Wildman–Crippen LogP) is 3.43. The first-order valence-corrected chi connectivity index (χ1v) is 7.22. The van der Waals surface area contributed by atoms with Gasteiger partial charge in [0.05, 0.1) is 14.2 Å². The number of fused-ring (bicyclic) bond motifs is 1. The summed E-state index contributed by atoms with van der Waals surface area (Å²) in [6.07, 6.45) is 1.01. The summed E-state index contributed by atoms with van der Waals surface area (Å²) >= 11 is 0. The molecule has 1 aliphatic heterocycles. The summed E-state index contributed by atoms with van der Waals surface area (Å²) in [6, 6.07) is 15.3. The molecule has 0 amide bonds. The highest BCUT2D eigenvalue weighted by Crippen LogP contribution is 2.41. The minimum absolute atomic E-state index is 0.391. The number of likely N-dealkylation sites (N-methyl/N-ethyl adjacent to an activating group) is 1. The molecule has 2 aromatic rings. The van der Waals surface area contributed by atoms with E-state index in [4.69, 9.17) is 9.47 Å². The molecule has 0 radical (unpaired) electrons. The number of methoxy groups -OCH3 is 2. The lowest BCUT2D eigenvalue weighted by molar-refractivity contribution is 0.267. The Balaban J connectivity index is 1.95. The quantitative estimate of drug-likeness (QED) is 0.858. The van der Waals surface area contributed by atoms with E-state index in [9.17, 15) is 0 Å². The molecule has 0 N–H and O–H groups in total. The Morgan fingerprint density at radius 2 is 1.71 bits per heavy atom. The summed E-state index contributed by atoms with van der Waals surface area (Å²) in [6.45, 7) is 0.952. The van der Waals surface area contributed by atoms with Crippen LogP contribution < -0.4 is 9.47 Å². The van der Waals surface area contributed by atoms with Crippen molar-refractivity contribution in [2.45, 2.75) is 19.0 Å². The number of benzene rings is 2. The van der Waals surface area contributed by atoms with Crippen LogP contribution >= 0.6 is 0 Å². The lowest BCUT2D eigenvalue weighted by Crippen LogP contribution is -2.18. The number of nitrogens with zero attached hydrogens (tertiary/aromatic N) is 1. The zero-order valence-electron chi connectivity index (χ0n) is 12.8. The Bertz CT molecular complexity index is 625. The lowest BCUT2D eigenvalue weighted by atomic mass is 9.97. The minimum Gasteiger partial charge on any atom is -0.493 e. The number of hydrogen-bond acceptors (Lipinski definition) is 3. The molecule has 0 bridgehead atoms. The van der Waals surface area contributed by atoms with Gasteiger partial charge in [-0.3, -0.25) is 4.90 Å². The average molecular weight is 283 g/mol. The van der Waals surface area contributed by atoms with Crippen molar-refractivity contribution >= 4 is 0 Å². The van der Waals surface area contributed by atoms with Gasteiger partial charge in [-0.25, -0.2) is 0 Å². The van der Waals surface area contributed by atoms with Gasteiger partial charge in [0.25, 0.3) is 0 Å². The van der Waals surface area contributed by atoms with Crippen LogP contribution in [0.2, 0.25) is 0 Å². The molecule has 3 rings (SSSR count). The number of rotatable bonds is 4. The van der Waals surface area contributed by atoms with E-state index in [2.05, 4.69) is 54.4 Å². The van der Waals surface area contributed by atoms with Crippen molar-refractivity contribution in [1.82, 2.24) is 4.90 Å². The molecule has 0 saturated carbocycles. The third-order valence-corrected chi connectivity index (χ3v) is 4.23. The van der Waals surface area contributed by atoms with Gasteiger partial charge in [-0.1, -0.05) is 30.3 Å². The number of ether oxygens (including phenoxy) is 2. The van der Waals surface area contributed by atoms with Gasteiger partial charge < -0.3 is 9.47 Å². The van der Waals surface area contributed by atoms with Gasteiger partial charge >= 0.3 is 0 Å². The maximum Gasteiger partial charge on any atom is 0.161 e. The van der Waals surface area contributed by atoms with Crippen LogP contribution in [-0.4, -0.2) is 26.2 Å². The molecule has 21 heavy (non-hydrogen) atoms. The molecule has 110 valence electrons. The highest BCUT2D eigenvalue weighted by Gasteiger charge is 2.29. The van der Waals surface area contributed by atoms with Gasteiger partial charge in [-0.2, -0.15) is 0 Å². The second-order valence-corrected chi connectivity index (χ2v) is 5.53. The van der Waals surface area contributed by atoms with Gasteiger partial charge in [-0.15, -0.1) is 0 Å². The third kappa shape index (κ3) is 2.61. The average Bonchev–Trinajstić information content (AvgIpc) is 2.82. The van der Waals surface area contributed by atoms with Crippen molar-refractivity contribution in [2.24, 2.45) is 0 Å². The Morgan fingerprint density at radius 1 is 1.05 bits per heavy atom. The summed E-state index contributed by atoms with van der Waals surface area (Å²) in [5, 5.41) is 0. The standard InChI is InChI=1S/C18H21NO2/c1-19-12-14-10-17(20-2)18(21-3)11-15(14)16(19)9-13-7-5-4-6-8-13/h4-8,10-11,16H,9,12H2,1-3H3. The zero-order chi connectivity index (χ0) is 14.8. The van der Waals surface area contributed by atoms with Crippen LogP contribution in [0.15, 0.2) is 42.5 Å². The van der Waals surface area contributed by atoms with Crippen LogP contribution in [0.1, 0.15) is 22.7 Å². The summed E-state index contributed by atoms with van der Waals surface area (Å²) in [5.74, 6) is 1.62. The fourth-order valence-corrected chi connectivity index (χ4v) is 3.10. The molecule has 0 spiro atoms. The molecule has 2 aromatic carbocycles. The lowest BCUT2D eigenvalue weighted by Gasteiger charge is -2.21. The van der Waals surface area contributed by atoms with E-state index in [0.29, 0.717) is 6.04 Å². The molecule has 0 aromatic heterocycles. The van der Waals surface area contributed by atoms with Crippen LogP contribution in [-0.2, 0) is 13.0 Å². The Hall–Kier alpha value is -2.00. The van der Waals surface area contributed by atoms with E-state index >= 15 is 0 Å². The second kappa shape index (κ2) is 5.78. The summed E-state index contributed by atoms with van der Waals surface area (Å²) < 4.78 is 10.9. The van der Waals surface area contributed by atoms with Crippen LogP contribution in [0.5, 0.6) is 11.5 Å². The van der Waals surface area contributed by atoms with Gasteiger partial charge in [-0.05, 0) is 42.3 Å². The molecule has 1 unspecified atom stereocenters. The molecule has 1 heterocycles. The summed E-state index contributed by atoms with van der Waals surface area (Å²) in [5.41, 5.74) is 4.03. The van der Waals surface area contributed by atoms with Crippen molar-refractivity contribution in [3.63, 3.8) is 0 Å². The van der Waals surface area contributed by atoms with Gasteiger partial charge in [0.2, 0.25) is 0 Å². The molecule has 3 nitrogen and oxygen atoms in total. The summed E-state index contributed by atoms with van der Waals surface area (Å²) in [7, 11) is 5.55. The van der Waals surface area contributed by atoms with E-state index in [-0.39, 0.29) is 0 Å². The van der Waals surface area contributed by atoms with Gasteiger partial charge in [0.1, 0.15) is 0 Å². The fraction of sp³-hybridized carbons (Fsp3) is 0.333. The SMILES string of the molecule is COc1cc2c(cc1OC)C(Cc1ccccc1)N(C)C2. The van der Waals surface area contributed by atoms with Crippen molar-refractivity contribution < 1.29 is 9.47 Å². The first-order chi connectivity index (χ1) is 10.2. The third-order valence-electron chi connectivity index (χ3n) is 4.23. The Kier molecular flexibility index (Phi) is 3.84. The molecule has 3 heteroatoms. The van der Waals surface area contributed by atoms with Gasteiger partial charge in [0.15, 0.2) is 11.5 Å². The van der Waals surface area contributed by atoms with Gasteiger partial charge in [0, 0.05) is 12.6 Å². The van der Waals surface area contributed by atoms with E-state index < -0.39 is 0 Å². The molecular weight excluding hydrogens is 262 g/mol. The van der Waals surface area contributed by atoms with E-state index in [1.807, 2.05) is 0 Å². The highest BCUT2D eigenvalue weighted by atomic mass is 16.5. The zero-order valence-corrected chi connectivity index (χ0v) is 12.8. The van der Waals surface area contributed by atoms with Crippen LogP contribution in [0.3, 0.4) is 0 Å². The van der Waals surface area contributed by atoms with Crippen molar-refractivity contribution in [1.29, 1.82) is 0 Å². The normalized spacial score (nSPS) is 17.6. The molecule has 0 aliphatic carbocycles. The van der Waals surface area contributed by atoms with Crippen molar-refractivity contribution in [3.8, 4) is 11.5 Å². The first kappa shape index (κ1) is 14.0. The van der Waals surface area contributed by atoms with Crippen LogP contribution in [0, 0.1) is 0 Å². The molecule has 1 aliphatic rings. The molecule has 0 saturated heterocycles. The van der Waals surface area contributed by atoms with Crippen molar-refractivity contribution in [3.05, 3.63) is 59.2 Å². The smallest absolute Gasteiger partial charge is 0.161 e. The minimum atomic E-state index is 0.391. The second-order valence-electron chi connectivity index (χ2n) is 5.53. The topological polar surface area (TPSA) is 21.7 Å². The maximum atomic E-state index is 5.45. The van der Waals surface area contributed by atoms with E-state index in [1.165, 1.54) is 16.7 Å². The Morgan fingerprint density at radius 3 is 2.38 bits per heavy atom. The largest absolute Gasteiger partial charge is 0.493 e. The van der Waals surface area contributed by atoms with E-state index in [1.54, 1.807) is 14.2 Å². The van der Waals surface area contributed by atoms with E-state index in [0.717, 1.165) is 24.5 Å². The summed E-state index contributed by atoms with van der Waals surface area (Å²) in [4.78, 5) is 2.39. The van der Waals surface area contributed by atoms with Crippen LogP contribution in [0.4, 0.5) is 0 Å². The fourth-order valence-electron chi connectivity index (χ4n) is 3.10. The molecule has 1 atom stereocenters. The predicted molar refractivity (Wildman–Crippen MR) is 83.9 cm³/mol. The number of hydrogen-bond donors (Lipinski definition) is 0. The Labute approximate surface area is 126 Å². The molecular formula is C18H21NO2. The van der Waals surface area contributed by atoms with Crippen LogP contribution in [0.25, 0.3) is 0 Å². The monoisotopic (exact) mass is 283 g/mol. The van der Waals surface area contributed by atoms with Crippen molar-refractivity contribution in [2.75, 3.05) is 21.3 Å². The highest BCUT2D eigenvalue weighted by molar-refractivity contribution is 5.50. The maximum absolute atomic E-state index is 5.45.